The summed E-state index contributed by atoms with van der Waals surface area (Å²) < 4.78 is 0. The fraction of sp³-hybridized carbons (Fsp3) is 0.846. The average molecular weight is 256 g/mol. The molecule has 1 rings (SSSR count). The number of nitrogens with two attached hydrogens (primary N) is 1. The number of carboxylic acid groups (broad SMARTS) is 1. The van der Waals surface area contributed by atoms with Crippen LogP contribution < -0.4 is 5.73 Å². The number of aliphatic carboxylic acids is 1. The Kier molecular flexibility index (Phi) is 4.73. The normalized spacial score (nSPS) is 24.7. The van der Waals surface area contributed by atoms with Gasteiger partial charge in [0.25, 0.3) is 0 Å². The third kappa shape index (κ3) is 3.02. The maximum absolute atomic E-state index is 12.4. The number of carboxylic acids is 1. The monoisotopic (exact) mass is 256 g/mol. The molecule has 1 amide bonds. The lowest BCUT2D eigenvalue weighted by atomic mass is 9.84. The van der Waals surface area contributed by atoms with Crippen molar-refractivity contribution in [2.75, 3.05) is 6.54 Å². The molecule has 2 atom stereocenters. The minimum Gasteiger partial charge on any atom is -0.480 e. The van der Waals surface area contributed by atoms with Crippen LogP contribution in [0.4, 0.5) is 0 Å². The summed E-state index contributed by atoms with van der Waals surface area (Å²) in [4.78, 5) is 25.1. The Labute approximate surface area is 108 Å². The Morgan fingerprint density at radius 1 is 1.39 bits per heavy atom. The molecule has 1 aliphatic rings. The van der Waals surface area contributed by atoms with Crippen LogP contribution in [0.2, 0.25) is 0 Å². The van der Waals surface area contributed by atoms with Gasteiger partial charge in [0.05, 0.1) is 0 Å². The Morgan fingerprint density at radius 2 is 2.00 bits per heavy atom. The van der Waals surface area contributed by atoms with Crippen LogP contribution in [-0.2, 0) is 9.59 Å². The summed E-state index contributed by atoms with van der Waals surface area (Å²) in [6, 6.07) is 0.0688. The fourth-order valence-corrected chi connectivity index (χ4v) is 2.61. The first-order valence-electron chi connectivity index (χ1n) is 6.61. The molecule has 3 N–H and O–H groups in total. The van der Waals surface area contributed by atoms with Crippen molar-refractivity contribution < 1.29 is 14.7 Å². The molecule has 0 aromatic rings. The van der Waals surface area contributed by atoms with E-state index in [4.69, 9.17) is 5.73 Å². The highest BCUT2D eigenvalue weighted by Crippen LogP contribution is 2.27. The lowest BCUT2D eigenvalue weighted by Gasteiger charge is -2.38. The van der Waals surface area contributed by atoms with Gasteiger partial charge in [0, 0.05) is 18.5 Å². The van der Waals surface area contributed by atoms with E-state index in [-0.39, 0.29) is 17.9 Å². The van der Waals surface area contributed by atoms with E-state index in [0.29, 0.717) is 13.0 Å². The molecule has 1 aliphatic carbocycles. The second kappa shape index (κ2) is 5.69. The van der Waals surface area contributed by atoms with E-state index >= 15 is 0 Å². The largest absolute Gasteiger partial charge is 0.480 e. The lowest BCUT2D eigenvalue weighted by Crippen LogP contribution is -2.55. The molecule has 0 aliphatic heterocycles. The fourth-order valence-electron chi connectivity index (χ4n) is 2.61. The molecule has 2 unspecified atom stereocenters. The number of rotatable bonds is 4. The van der Waals surface area contributed by atoms with E-state index in [2.05, 4.69) is 0 Å². The quantitative estimate of drug-likeness (QED) is 0.792. The molecule has 0 radical (unpaired) electrons. The Bertz CT molecular complexity index is 328. The van der Waals surface area contributed by atoms with Crippen LogP contribution >= 0.6 is 0 Å². The summed E-state index contributed by atoms with van der Waals surface area (Å²) in [6.45, 7) is 5.36. The third-order valence-corrected chi connectivity index (χ3v) is 3.84. The first kappa shape index (κ1) is 15.0. The van der Waals surface area contributed by atoms with Gasteiger partial charge in [0.1, 0.15) is 5.54 Å². The summed E-state index contributed by atoms with van der Waals surface area (Å²) in [5.74, 6) is -1.16. The van der Waals surface area contributed by atoms with Crippen LogP contribution in [0.15, 0.2) is 0 Å². The van der Waals surface area contributed by atoms with Gasteiger partial charge >= 0.3 is 5.97 Å². The smallest absolute Gasteiger partial charge is 0.329 e. The van der Waals surface area contributed by atoms with Crippen molar-refractivity contribution in [3.05, 3.63) is 0 Å². The summed E-state index contributed by atoms with van der Waals surface area (Å²) in [6.07, 6.45) is 3.39. The number of carbonyl (C=O) groups is 2. The van der Waals surface area contributed by atoms with Gasteiger partial charge in [0.15, 0.2) is 0 Å². The average Bonchev–Trinajstić information content (AvgIpc) is 2.29. The van der Waals surface area contributed by atoms with Crippen molar-refractivity contribution in [1.29, 1.82) is 0 Å². The summed E-state index contributed by atoms with van der Waals surface area (Å²) in [7, 11) is 0. The van der Waals surface area contributed by atoms with Crippen molar-refractivity contribution >= 4 is 11.9 Å². The Balaban J connectivity index is 2.82. The minimum absolute atomic E-state index is 0.0688. The van der Waals surface area contributed by atoms with Gasteiger partial charge in [-0.2, -0.15) is 0 Å². The van der Waals surface area contributed by atoms with E-state index in [0.717, 1.165) is 19.3 Å². The van der Waals surface area contributed by atoms with Crippen LogP contribution in [0.5, 0.6) is 0 Å². The number of hydrogen-bond donors (Lipinski definition) is 2. The van der Waals surface area contributed by atoms with Gasteiger partial charge in [-0.15, -0.1) is 0 Å². The Hall–Kier alpha value is -1.10. The molecule has 0 bridgehead atoms. The molecule has 0 heterocycles. The van der Waals surface area contributed by atoms with Crippen LogP contribution in [0.1, 0.15) is 46.5 Å². The third-order valence-electron chi connectivity index (χ3n) is 3.84. The van der Waals surface area contributed by atoms with Crippen molar-refractivity contribution in [3.63, 3.8) is 0 Å². The zero-order valence-electron chi connectivity index (χ0n) is 11.5. The predicted octanol–water partition coefficient (Wildman–Crippen LogP) is 1.22. The van der Waals surface area contributed by atoms with Crippen LogP contribution in [0, 0.1) is 5.92 Å². The summed E-state index contributed by atoms with van der Waals surface area (Å²) >= 11 is 0. The minimum atomic E-state index is -1.16. The molecule has 5 nitrogen and oxygen atoms in total. The highest BCUT2D eigenvalue weighted by molar-refractivity contribution is 5.87. The Morgan fingerprint density at radius 3 is 2.44 bits per heavy atom. The number of hydrogen-bond acceptors (Lipinski definition) is 3. The predicted molar refractivity (Wildman–Crippen MR) is 69.0 cm³/mol. The van der Waals surface area contributed by atoms with Crippen LogP contribution in [0.25, 0.3) is 0 Å². The summed E-state index contributed by atoms with van der Waals surface area (Å²) in [5, 5.41) is 9.22. The highest BCUT2D eigenvalue weighted by Gasteiger charge is 2.40. The topological polar surface area (TPSA) is 83.6 Å². The van der Waals surface area contributed by atoms with Crippen molar-refractivity contribution in [1.82, 2.24) is 4.90 Å². The van der Waals surface area contributed by atoms with E-state index < -0.39 is 11.5 Å². The van der Waals surface area contributed by atoms with Gasteiger partial charge in [-0.05, 0) is 40.0 Å². The maximum atomic E-state index is 12.4. The first-order valence-corrected chi connectivity index (χ1v) is 6.61. The molecule has 5 heteroatoms. The standard InChI is InChI=1S/C13H24N2O3/c1-4-15(13(2,3)12(17)18)11(16)9-6-5-7-10(14)8-9/h9-10H,4-8,14H2,1-3H3,(H,17,18). The van der Waals surface area contributed by atoms with Crippen molar-refractivity contribution in [2.24, 2.45) is 11.7 Å². The van der Waals surface area contributed by atoms with Gasteiger partial charge < -0.3 is 15.7 Å². The van der Waals surface area contributed by atoms with Crippen LogP contribution in [0.3, 0.4) is 0 Å². The second-order valence-electron chi connectivity index (χ2n) is 5.57. The SMILES string of the molecule is CCN(C(=O)C1CCCC(N)C1)C(C)(C)C(=O)O. The van der Waals surface area contributed by atoms with Gasteiger partial charge in [-0.25, -0.2) is 4.79 Å². The molecule has 0 aromatic carbocycles. The molecule has 0 aromatic heterocycles. The molecule has 18 heavy (non-hydrogen) atoms. The molecular formula is C13H24N2O3. The van der Waals surface area contributed by atoms with E-state index in [1.165, 1.54) is 4.90 Å². The van der Waals surface area contributed by atoms with E-state index in [1.54, 1.807) is 13.8 Å². The van der Waals surface area contributed by atoms with E-state index in [9.17, 15) is 14.7 Å². The molecule has 104 valence electrons. The molecule has 1 fully saturated rings. The second-order valence-corrected chi connectivity index (χ2v) is 5.57. The highest BCUT2D eigenvalue weighted by atomic mass is 16.4. The molecular weight excluding hydrogens is 232 g/mol. The molecule has 0 spiro atoms. The van der Waals surface area contributed by atoms with Gasteiger partial charge in [-0.1, -0.05) is 6.42 Å². The number of likely N-dealkylation sites (N-methyl/N-ethyl adjacent to an activating group) is 1. The maximum Gasteiger partial charge on any atom is 0.329 e. The molecule has 0 saturated heterocycles. The van der Waals surface area contributed by atoms with Gasteiger partial charge in [0.2, 0.25) is 5.91 Å². The summed E-state index contributed by atoms with van der Waals surface area (Å²) in [5.41, 5.74) is 4.73. The van der Waals surface area contributed by atoms with E-state index in [1.807, 2.05) is 6.92 Å². The van der Waals surface area contributed by atoms with Crippen LogP contribution in [-0.4, -0.2) is 40.0 Å². The zero-order chi connectivity index (χ0) is 13.9. The van der Waals surface area contributed by atoms with Gasteiger partial charge in [-0.3, -0.25) is 4.79 Å². The number of amides is 1. The van der Waals surface area contributed by atoms with Crippen molar-refractivity contribution in [2.45, 2.75) is 58.0 Å². The molecule has 1 saturated carbocycles. The first-order chi connectivity index (χ1) is 8.30. The number of carbonyl (C=O) groups excluding carboxylic acids is 1. The zero-order valence-corrected chi connectivity index (χ0v) is 11.5. The van der Waals surface area contributed by atoms with Crippen molar-refractivity contribution in [3.8, 4) is 0 Å². The lowest BCUT2D eigenvalue weighted by molar-refractivity contribution is -0.159. The number of nitrogens with zero attached hydrogens (tertiary/aromatic N) is 1.